The summed E-state index contributed by atoms with van der Waals surface area (Å²) in [5, 5.41) is 3.18. The second-order valence-corrected chi connectivity index (χ2v) is 11.2. The molecule has 31 heavy (non-hydrogen) atoms. The van der Waals surface area contributed by atoms with Crippen LogP contribution in [0, 0.1) is 11.8 Å². The van der Waals surface area contributed by atoms with Crippen molar-refractivity contribution in [3.8, 4) is 0 Å². The molecule has 1 saturated heterocycles. The minimum absolute atomic E-state index is 0.0489. The number of amides is 1. The topological polar surface area (TPSA) is 90.9 Å². The summed E-state index contributed by atoms with van der Waals surface area (Å²) in [6.45, 7) is 7.12. The first-order chi connectivity index (χ1) is 14.8. The number of piperidine rings is 1. The van der Waals surface area contributed by atoms with Crippen molar-refractivity contribution >= 4 is 21.8 Å². The molecule has 1 saturated carbocycles. The van der Waals surface area contributed by atoms with E-state index in [1.165, 1.54) is 32.2 Å². The standard InChI is InChI=1S/C23H34N4O3S/c1-16(2)21(25-22-19-9-5-6-10-20(19)31(29,30)26-22)23(28)24-18-11-13-27(14-12-18)15-17-7-3-4-8-17/h5-6,9-10,16-18,21H,3-4,7-8,11-15H2,1-2H3,(H,24,28)(H,25,26)/t21-/m0/s1. The smallest absolute Gasteiger partial charge is 0.263 e. The largest absolute Gasteiger partial charge is 0.351 e. The Bertz CT molecular complexity index is 930. The van der Waals surface area contributed by atoms with Gasteiger partial charge in [-0.25, -0.2) is 8.42 Å². The predicted molar refractivity (Wildman–Crippen MR) is 121 cm³/mol. The van der Waals surface area contributed by atoms with Crippen molar-refractivity contribution in [1.82, 2.24) is 14.9 Å². The van der Waals surface area contributed by atoms with Crippen LogP contribution in [0.15, 0.2) is 34.2 Å². The first-order valence-electron chi connectivity index (χ1n) is 11.6. The lowest BCUT2D eigenvalue weighted by atomic mass is 9.99. The van der Waals surface area contributed by atoms with Gasteiger partial charge in [0.2, 0.25) is 5.91 Å². The Labute approximate surface area is 185 Å². The molecule has 0 spiro atoms. The summed E-state index contributed by atoms with van der Waals surface area (Å²) < 4.78 is 27.2. The molecule has 0 unspecified atom stereocenters. The molecule has 0 radical (unpaired) electrons. The molecule has 8 heteroatoms. The van der Waals surface area contributed by atoms with E-state index in [1.807, 2.05) is 13.8 Å². The van der Waals surface area contributed by atoms with Gasteiger partial charge in [0, 0.05) is 31.2 Å². The zero-order chi connectivity index (χ0) is 22.0. The Morgan fingerprint density at radius 2 is 1.84 bits per heavy atom. The van der Waals surface area contributed by atoms with Gasteiger partial charge in [0.15, 0.2) is 0 Å². The SMILES string of the molecule is CC(C)[C@H](N=C1NS(=O)(=O)c2ccccc21)C(=O)NC1CCN(CC2CCCC2)CC1. The van der Waals surface area contributed by atoms with E-state index in [4.69, 9.17) is 0 Å². The highest BCUT2D eigenvalue weighted by molar-refractivity contribution is 7.90. The van der Waals surface area contributed by atoms with Gasteiger partial charge in [-0.2, -0.15) is 0 Å². The van der Waals surface area contributed by atoms with Crippen LogP contribution in [-0.4, -0.2) is 56.8 Å². The van der Waals surface area contributed by atoms with Gasteiger partial charge in [-0.05, 0) is 49.7 Å². The number of nitrogens with zero attached hydrogens (tertiary/aromatic N) is 2. The lowest BCUT2D eigenvalue weighted by Crippen LogP contribution is -2.49. The lowest BCUT2D eigenvalue weighted by Gasteiger charge is -2.34. The van der Waals surface area contributed by atoms with Gasteiger partial charge in [0.05, 0.1) is 4.90 Å². The molecule has 0 aromatic heterocycles. The van der Waals surface area contributed by atoms with Gasteiger partial charge >= 0.3 is 0 Å². The van der Waals surface area contributed by atoms with Crippen molar-refractivity contribution in [1.29, 1.82) is 0 Å². The van der Waals surface area contributed by atoms with Crippen LogP contribution in [0.2, 0.25) is 0 Å². The highest BCUT2D eigenvalue weighted by Gasteiger charge is 2.33. The quantitative estimate of drug-likeness (QED) is 0.703. The Kier molecular flexibility index (Phi) is 6.67. The molecule has 2 N–H and O–H groups in total. The maximum atomic E-state index is 13.1. The summed E-state index contributed by atoms with van der Waals surface area (Å²) in [5.74, 6) is 0.939. The van der Waals surface area contributed by atoms with Crippen LogP contribution in [0.1, 0.15) is 57.9 Å². The molecule has 2 aliphatic heterocycles. The summed E-state index contributed by atoms with van der Waals surface area (Å²) in [6.07, 6.45) is 7.37. The zero-order valence-corrected chi connectivity index (χ0v) is 19.3. The number of carbonyl (C=O) groups excluding carboxylic acids is 1. The Morgan fingerprint density at radius 1 is 1.16 bits per heavy atom. The van der Waals surface area contributed by atoms with Crippen LogP contribution < -0.4 is 10.0 Å². The van der Waals surface area contributed by atoms with Crippen molar-refractivity contribution in [2.75, 3.05) is 19.6 Å². The van der Waals surface area contributed by atoms with E-state index in [2.05, 4.69) is 19.9 Å². The molecule has 7 nitrogen and oxygen atoms in total. The monoisotopic (exact) mass is 446 g/mol. The third kappa shape index (κ3) is 5.12. The van der Waals surface area contributed by atoms with Gasteiger partial charge in [0.25, 0.3) is 10.0 Å². The lowest BCUT2D eigenvalue weighted by molar-refractivity contribution is -0.124. The number of rotatable bonds is 6. The molecular weight excluding hydrogens is 412 g/mol. The van der Waals surface area contributed by atoms with Gasteiger partial charge in [-0.15, -0.1) is 0 Å². The zero-order valence-electron chi connectivity index (χ0n) is 18.5. The molecule has 1 aliphatic carbocycles. The molecule has 4 rings (SSSR count). The summed E-state index contributed by atoms with van der Waals surface area (Å²) >= 11 is 0. The predicted octanol–water partition coefficient (Wildman–Crippen LogP) is 2.52. The van der Waals surface area contributed by atoms with Crippen molar-refractivity contribution in [3.05, 3.63) is 29.8 Å². The first kappa shape index (κ1) is 22.3. The minimum Gasteiger partial charge on any atom is -0.351 e. The number of amidine groups is 1. The third-order valence-corrected chi connectivity index (χ3v) is 8.15. The van der Waals surface area contributed by atoms with Crippen molar-refractivity contribution < 1.29 is 13.2 Å². The Balaban J connectivity index is 1.38. The van der Waals surface area contributed by atoms with Crippen molar-refractivity contribution in [3.63, 3.8) is 0 Å². The van der Waals surface area contributed by atoms with E-state index in [-0.39, 0.29) is 28.6 Å². The van der Waals surface area contributed by atoms with Crippen LogP contribution in [0.3, 0.4) is 0 Å². The number of sulfonamides is 1. The summed E-state index contributed by atoms with van der Waals surface area (Å²) in [5.41, 5.74) is 0.529. The molecule has 1 atom stereocenters. The molecule has 3 aliphatic rings. The number of nitrogens with one attached hydrogen (secondary N) is 2. The second-order valence-electron chi connectivity index (χ2n) is 9.50. The summed E-state index contributed by atoms with van der Waals surface area (Å²) in [6, 6.07) is 6.26. The summed E-state index contributed by atoms with van der Waals surface area (Å²) in [4.78, 5) is 20.4. The molecule has 1 amide bonds. The average Bonchev–Trinajstić information content (AvgIpc) is 3.33. The van der Waals surface area contributed by atoms with E-state index < -0.39 is 16.1 Å². The number of carbonyl (C=O) groups is 1. The number of aliphatic imine (C=N–C) groups is 1. The van der Waals surface area contributed by atoms with Crippen molar-refractivity contribution in [2.45, 2.75) is 69.4 Å². The molecule has 1 aromatic carbocycles. The molecular formula is C23H34N4O3S. The second kappa shape index (κ2) is 9.28. The maximum Gasteiger partial charge on any atom is 0.263 e. The number of hydrogen-bond donors (Lipinski definition) is 2. The number of fused-ring (bicyclic) bond motifs is 1. The number of likely N-dealkylation sites (tertiary alicyclic amines) is 1. The van der Waals surface area contributed by atoms with Crippen molar-refractivity contribution in [2.24, 2.45) is 16.8 Å². The van der Waals surface area contributed by atoms with Crippen LogP contribution in [-0.2, 0) is 14.8 Å². The van der Waals surface area contributed by atoms with E-state index in [1.54, 1.807) is 24.3 Å². The first-order valence-corrected chi connectivity index (χ1v) is 13.0. The fraction of sp³-hybridized carbons (Fsp3) is 0.652. The molecule has 1 aromatic rings. The normalized spacial score (nSPS) is 24.3. The highest BCUT2D eigenvalue weighted by atomic mass is 32.2. The maximum absolute atomic E-state index is 13.1. The third-order valence-electron chi connectivity index (χ3n) is 6.76. The van der Waals surface area contributed by atoms with Crippen LogP contribution in [0.5, 0.6) is 0 Å². The van der Waals surface area contributed by atoms with Crippen LogP contribution in [0.4, 0.5) is 0 Å². The van der Waals surface area contributed by atoms with E-state index in [0.717, 1.165) is 31.8 Å². The fourth-order valence-electron chi connectivity index (χ4n) is 4.98. The van der Waals surface area contributed by atoms with Gasteiger partial charge in [-0.1, -0.05) is 38.8 Å². The number of benzene rings is 1. The van der Waals surface area contributed by atoms with E-state index in [0.29, 0.717) is 5.56 Å². The van der Waals surface area contributed by atoms with Gasteiger partial charge in [-0.3, -0.25) is 14.5 Å². The molecule has 2 fully saturated rings. The van der Waals surface area contributed by atoms with Crippen LogP contribution >= 0.6 is 0 Å². The summed E-state index contributed by atoms with van der Waals surface area (Å²) in [7, 11) is -3.61. The van der Waals surface area contributed by atoms with E-state index >= 15 is 0 Å². The number of hydrogen-bond acceptors (Lipinski definition) is 5. The minimum atomic E-state index is -3.61. The molecule has 0 bridgehead atoms. The Hall–Kier alpha value is -1.93. The van der Waals surface area contributed by atoms with E-state index in [9.17, 15) is 13.2 Å². The fourth-order valence-corrected chi connectivity index (χ4v) is 6.22. The van der Waals surface area contributed by atoms with Crippen LogP contribution in [0.25, 0.3) is 0 Å². The highest BCUT2D eigenvalue weighted by Crippen LogP contribution is 2.27. The molecule has 170 valence electrons. The van der Waals surface area contributed by atoms with Gasteiger partial charge in [0.1, 0.15) is 11.9 Å². The van der Waals surface area contributed by atoms with Gasteiger partial charge < -0.3 is 10.2 Å². The Morgan fingerprint density at radius 3 is 2.52 bits per heavy atom. The molecule has 2 heterocycles. The average molecular weight is 447 g/mol.